The van der Waals surface area contributed by atoms with Crippen molar-refractivity contribution in [1.29, 1.82) is 0 Å². The van der Waals surface area contributed by atoms with Crippen LogP contribution in [-0.4, -0.2) is 50.8 Å². The first kappa shape index (κ1) is 17.8. The van der Waals surface area contributed by atoms with Gasteiger partial charge in [0.05, 0.1) is 6.33 Å². The third-order valence-electron chi connectivity index (χ3n) is 2.90. The van der Waals surface area contributed by atoms with E-state index in [-0.39, 0.29) is 30.5 Å². The smallest absolute Gasteiger partial charge is 0.302 e. The zero-order chi connectivity index (χ0) is 17.7. The zero-order valence-electron chi connectivity index (χ0n) is 13.1. The van der Waals surface area contributed by atoms with E-state index < -0.39 is 18.0 Å². The number of hydrogen-bond donors (Lipinski definition) is 2. The first-order valence-corrected chi connectivity index (χ1v) is 7.36. The minimum Gasteiger partial charge on any atom is -0.463 e. The monoisotopic (exact) mass is 355 g/mol. The summed E-state index contributed by atoms with van der Waals surface area (Å²) in [6.07, 6.45) is 0.879. The molecule has 2 rings (SSSR count). The van der Waals surface area contributed by atoms with E-state index in [1.807, 2.05) is 0 Å². The van der Waals surface area contributed by atoms with Gasteiger partial charge in [0, 0.05) is 13.8 Å². The standard InChI is InChI=1S/C13H17N5O5S/c1-7(19)21-3-9(4-22-8(2)20)23-6-18-5-15-10-11(18)16-13(14)17-12(10)24/h5,9H,3-4,6H2,1-2H3,(H3,14,16,17,24). The molecule has 0 radical (unpaired) electrons. The Labute approximate surface area is 141 Å². The van der Waals surface area contributed by atoms with Gasteiger partial charge in [0.2, 0.25) is 0 Å². The Morgan fingerprint density at radius 1 is 1.33 bits per heavy atom. The highest BCUT2D eigenvalue weighted by molar-refractivity contribution is 7.71. The van der Waals surface area contributed by atoms with E-state index in [0.717, 1.165) is 0 Å². The van der Waals surface area contributed by atoms with Gasteiger partial charge in [-0.25, -0.2) is 9.97 Å². The molecule has 2 heterocycles. The van der Waals surface area contributed by atoms with E-state index in [1.54, 1.807) is 4.57 Å². The number of anilines is 1. The summed E-state index contributed by atoms with van der Waals surface area (Å²) >= 11 is 5.09. The van der Waals surface area contributed by atoms with Gasteiger partial charge in [-0.15, -0.1) is 0 Å². The Kier molecular flexibility index (Phi) is 5.82. The first-order chi connectivity index (χ1) is 11.4. The molecule has 10 nitrogen and oxygen atoms in total. The fourth-order valence-corrected chi connectivity index (χ4v) is 2.08. The van der Waals surface area contributed by atoms with Gasteiger partial charge in [0.15, 0.2) is 10.6 Å². The molecular formula is C13H17N5O5S. The average molecular weight is 355 g/mol. The minimum absolute atomic E-state index is 0.0467. The predicted molar refractivity (Wildman–Crippen MR) is 85.3 cm³/mol. The van der Waals surface area contributed by atoms with Crippen molar-refractivity contribution in [2.45, 2.75) is 26.7 Å². The number of rotatable bonds is 7. The first-order valence-electron chi connectivity index (χ1n) is 6.95. The highest BCUT2D eigenvalue weighted by atomic mass is 32.1. The number of aromatic amines is 1. The molecule has 0 aliphatic rings. The van der Waals surface area contributed by atoms with Crippen LogP contribution in [0.1, 0.15) is 13.8 Å². The molecule has 2 aromatic rings. The van der Waals surface area contributed by atoms with Gasteiger partial charge in [0.1, 0.15) is 37.2 Å². The van der Waals surface area contributed by atoms with Crippen LogP contribution in [0.15, 0.2) is 6.33 Å². The van der Waals surface area contributed by atoms with E-state index in [2.05, 4.69) is 15.0 Å². The number of carbonyl (C=O) groups is 2. The van der Waals surface area contributed by atoms with Crippen molar-refractivity contribution in [3.63, 3.8) is 0 Å². The third-order valence-corrected chi connectivity index (χ3v) is 3.19. The van der Waals surface area contributed by atoms with E-state index in [9.17, 15) is 9.59 Å². The van der Waals surface area contributed by atoms with Gasteiger partial charge in [-0.05, 0) is 0 Å². The molecule has 0 aromatic carbocycles. The Balaban J connectivity index is 2.08. The fourth-order valence-electron chi connectivity index (χ4n) is 1.83. The second-order valence-electron chi connectivity index (χ2n) is 4.86. The Bertz CT molecular complexity index is 784. The minimum atomic E-state index is -0.627. The lowest BCUT2D eigenvalue weighted by molar-refractivity contribution is -0.154. The number of aromatic nitrogens is 4. The molecule has 3 N–H and O–H groups in total. The van der Waals surface area contributed by atoms with E-state index in [4.69, 9.17) is 32.2 Å². The maximum absolute atomic E-state index is 10.9. The topological polar surface area (TPSA) is 134 Å². The number of fused-ring (bicyclic) bond motifs is 1. The number of nitrogens with one attached hydrogen (secondary N) is 1. The summed E-state index contributed by atoms with van der Waals surface area (Å²) in [4.78, 5) is 32.8. The molecule has 0 aliphatic carbocycles. The molecule has 0 aliphatic heterocycles. The van der Waals surface area contributed by atoms with Crippen LogP contribution in [0.2, 0.25) is 0 Å². The summed E-state index contributed by atoms with van der Waals surface area (Å²) < 4.78 is 17.3. The second kappa shape index (κ2) is 7.84. The van der Waals surface area contributed by atoms with Gasteiger partial charge in [-0.2, -0.15) is 0 Å². The van der Waals surface area contributed by atoms with Gasteiger partial charge >= 0.3 is 11.9 Å². The average Bonchev–Trinajstić information content (AvgIpc) is 2.89. The predicted octanol–water partition coefficient (Wildman–Crippen LogP) is 0.540. The summed E-state index contributed by atoms with van der Waals surface area (Å²) in [7, 11) is 0. The van der Waals surface area contributed by atoms with Crippen LogP contribution in [0, 0.1) is 4.64 Å². The number of carbonyl (C=O) groups excluding carboxylic acids is 2. The van der Waals surface area contributed by atoms with Crippen molar-refractivity contribution in [2.75, 3.05) is 18.9 Å². The van der Waals surface area contributed by atoms with Crippen LogP contribution >= 0.6 is 12.2 Å². The van der Waals surface area contributed by atoms with Crippen LogP contribution in [0.25, 0.3) is 11.2 Å². The number of H-pyrrole nitrogens is 1. The maximum Gasteiger partial charge on any atom is 0.302 e. The summed E-state index contributed by atoms with van der Waals surface area (Å²) in [6.45, 7) is 2.52. The summed E-state index contributed by atoms with van der Waals surface area (Å²) in [5.41, 5.74) is 6.67. The lowest BCUT2D eigenvalue weighted by atomic mass is 10.4. The number of nitrogens with zero attached hydrogens (tertiary/aromatic N) is 3. The molecule has 0 spiro atoms. The number of ether oxygens (including phenoxy) is 3. The number of hydrogen-bond acceptors (Lipinski definition) is 9. The normalized spacial score (nSPS) is 11.0. The molecule has 0 fully saturated rings. The molecule has 0 atom stereocenters. The molecule has 0 amide bonds. The Morgan fingerprint density at radius 2 is 1.96 bits per heavy atom. The molecular weight excluding hydrogens is 338 g/mol. The van der Waals surface area contributed by atoms with Crippen molar-refractivity contribution in [3.8, 4) is 0 Å². The number of nitrogens with two attached hydrogens (primary N) is 1. The van der Waals surface area contributed by atoms with Crippen molar-refractivity contribution in [2.24, 2.45) is 0 Å². The Morgan fingerprint density at radius 3 is 2.54 bits per heavy atom. The van der Waals surface area contributed by atoms with Crippen LogP contribution < -0.4 is 5.73 Å². The lowest BCUT2D eigenvalue weighted by Gasteiger charge is -2.17. The summed E-state index contributed by atoms with van der Waals surface area (Å²) in [6, 6.07) is 0. The number of imidazole rings is 1. The van der Waals surface area contributed by atoms with E-state index >= 15 is 0 Å². The van der Waals surface area contributed by atoms with Gasteiger partial charge in [-0.1, -0.05) is 12.2 Å². The van der Waals surface area contributed by atoms with Gasteiger partial charge in [-0.3, -0.25) is 14.2 Å². The molecule has 24 heavy (non-hydrogen) atoms. The van der Waals surface area contributed by atoms with Crippen LogP contribution in [0.4, 0.5) is 5.95 Å². The van der Waals surface area contributed by atoms with E-state index in [1.165, 1.54) is 20.2 Å². The molecule has 11 heteroatoms. The summed E-state index contributed by atoms with van der Waals surface area (Å²) in [5.74, 6) is -0.754. The van der Waals surface area contributed by atoms with Crippen molar-refractivity contribution < 1.29 is 23.8 Å². The molecule has 0 unspecified atom stereocenters. The molecule has 0 bridgehead atoms. The molecule has 2 aromatic heterocycles. The second-order valence-corrected chi connectivity index (χ2v) is 5.25. The molecule has 0 saturated heterocycles. The van der Waals surface area contributed by atoms with Crippen LogP contribution in [0.5, 0.6) is 0 Å². The number of esters is 2. The Hall–Kier alpha value is -2.53. The maximum atomic E-state index is 10.9. The largest absolute Gasteiger partial charge is 0.463 e. The highest BCUT2D eigenvalue weighted by Crippen LogP contribution is 2.12. The highest BCUT2D eigenvalue weighted by Gasteiger charge is 2.15. The number of nitrogen functional groups attached to an aromatic ring is 1. The van der Waals surface area contributed by atoms with Crippen LogP contribution in [0.3, 0.4) is 0 Å². The van der Waals surface area contributed by atoms with Crippen LogP contribution in [-0.2, 0) is 30.5 Å². The van der Waals surface area contributed by atoms with Gasteiger partial charge < -0.3 is 24.9 Å². The quantitative estimate of drug-likeness (QED) is 0.539. The molecule has 130 valence electrons. The SMILES string of the molecule is CC(=O)OCC(COC(C)=O)OCn1cnc2c(=S)nc(N)[nH]c21. The van der Waals surface area contributed by atoms with Crippen molar-refractivity contribution in [1.82, 2.24) is 19.5 Å². The van der Waals surface area contributed by atoms with Gasteiger partial charge in [0.25, 0.3) is 0 Å². The summed E-state index contributed by atoms with van der Waals surface area (Å²) in [5, 5.41) is 0. The molecule has 0 saturated carbocycles. The van der Waals surface area contributed by atoms with Crippen molar-refractivity contribution in [3.05, 3.63) is 11.0 Å². The van der Waals surface area contributed by atoms with E-state index in [0.29, 0.717) is 11.2 Å². The third kappa shape index (κ3) is 4.73. The lowest BCUT2D eigenvalue weighted by Crippen LogP contribution is -2.28. The zero-order valence-corrected chi connectivity index (χ0v) is 14.0. The fraction of sp³-hybridized carbons (Fsp3) is 0.462. The van der Waals surface area contributed by atoms with Crippen molar-refractivity contribution >= 4 is 41.3 Å².